The van der Waals surface area contributed by atoms with Crippen LogP contribution in [0.4, 0.5) is 4.79 Å². The van der Waals surface area contributed by atoms with Crippen molar-refractivity contribution in [3.8, 4) is 0 Å². The third-order valence-corrected chi connectivity index (χ3v) is 3.52. The predicted octanol–water partition coefficient (Wildman–Crippen LogP) is 2.62. The fraction of sp³-hybridized carbons (Fsp3) is 0.588. The molecule has 0 heterocycles. The van der Waals surface area contributed by atoms with Crippen molar-refractivity contribution in [3.05, 3.63) is 35.9 Å². The van der Waals surface area contributed by atoms with Crippen molar-refractivity contribution in [1.82, 2.24) is 5.32 Å². The van der Waals surface area contributed by atoms with Crippen molar-refractivity contribution < 1.29 is 19.4 Å². The highest BCUT2D eigenvalue weighted by atomic mass is 16.6. The Hall–Kier alpha value is -1.59. The molecule has 5 nitrogen and oxygen atoms in total. The lowest BCUT2D eigenvalue weighted by atomic mass is 10.2. The van der Waals surface area contributed by atoms with E-state index in [0.29, 0.717) is 19.4 Å². The van der Waals surface area contributed by atoms with E-state index in [0.717, 1.165) is 5.56 Å². The van der Waals surface area contributed by atoms with Crippen LogP contribution in [0.1, 0.15) is 39.2 Å². The molecule has 0 aromatic heterocycles. The second-order valence-electron chi connectivity index (χ2n) is 6.71. The van der Waals surface area contributed by atoms with Crippen LogP contribution in [0.3, 0.4) is 0 Å². The van der Waals surface area contributed by atoms with Gasteiger partial charge >= 0.3 is 6.09 Å². The zero-order valence-corrected chi connectivity index (χ0v) is 13.4. The number of alkyl carbamates (subject to hydrolysis) is 1. The molecule has 1 aromatic rings. The second kappa shape index (κ2) is 7.11. The molecule has 0 bridgehead atoms. The summed E-state index contributed by atoms with van der Waals surface area (Å²) >= 11 is 0. The largest absolute Gasteiger partial charge is 0.444 e. The number of benzene rings is 1. The fourth-order valence-electron chi connectivity index (χ4n) is 2.51. The number of aliphatic hydroxyl groups is 1. The van der Waals surface area contributed by atoms with E-state index in [-0.39, 0.29) is 12.1 Å². The van der Waals surface area contributed by atoms with Gasteiger partial charge in [-0.15, -0.1) is 0 Å². The molecule has 1 aromatic carbocycles. The Morgan fingerprint density at radius 3 is 2.59 bits per heavy atom. The van der Waals surface area contributed by atoms with Crippen LogP contribution >= 0.6 is 0 Å². The van der Waals surface area contributed by atoms with Crippen LogP contribution < -0.4 is 5.32 Å². The summed E-state index contributed by atoms with van der Waals surface area (Å²) in [7, 11) is 0. The Morgan fingerprint density at radius 1 is 1.27 bits per heavy atom. The standard InChI is InChI=1S/C17H25NO4/c1-17(2,3)22-16(20)18-14-9-13(10-15(14)19)21-11-12-7-5-4-6-8-12/h4-8,13-15,19H,9-11H2,1-3H3,(H,18,20). The molecular weight excluding hydrogens is 282 g/mol. The van der Waals surface area contributed by atoms with E-state index in [4.69, 9.17) is 9.47 Å². The minimum atomic E-state index is -0.603. The van der Waals surface area contributed by atoms with Gasteiger partial charge in [0.1, 0.15) is 5.60 Å². The summed E-state index contributed by atoms with van der Waals surface area (Å²) in [4.78, 5) is 11.8. The molecule has 0 aliphatic heterocycles. The van der Waals surface area contributed by atoms with Gasteiger partial charge in [0.25, 0.3) is 0 Å². The smallest absolute Gasteiger partial charge is 0.407 e. The van der Waals surface area contributed by atoms with Gasteiger partial charge in [0.15, 0.2) is 0 Å². The molecule has 22 heavy (non-hydrogen) atoms. The fourth-order valence-corrected chi connectivity index (χ4v) is 2.51. The van der Waals surface area contributed by atoms with Gasteiger partial charge in [-0.25, -0.2) is 4.79 Å². The molecule has 1 amide bonds. The van der Waals surface area contributed by atoms with Crippen LogP contribution in [0.15, 0.2) is 30.3 Å². The maximum absolute atomic E-state index is 11.8. The van der Waals surface area contributed by atoms with Gasteiger partial charge in [-0.1, -0.05) is 30.3 Å². The zero-order valence-electron chi connectivity index (χ0n) is 13.4. The van der Waals surface area contributed by atoms with Gasteiger partial charge in [0.05, 0.1) is 24.9 Å². The van der Waals surface area contributed by atoms with E-state index in [1.54, 1.807) is 0 Å². The van der Waals surface area contributed by atoms with Gasteiger partial charge in [-0.05, 0) is 32.8 Å². The summed E-state index contributed by atoms with van der Waals surface area (Å²) in [6.07, 6.45) is -0.0516. The average Bonchev–Trinajstić information content (AvgIpc) is 2.76. The number of carbonyl (C=O) groups is 1. The normalized spacial score (nSPS) is 25.0. The Morgan fingerprint density at radius 2 is 1.95 bits per heavy atom. The lowest BCUT2D eigenvalue weighted by molar-refractivity contribution is 0.0357. The van der Waals surface area contributed by atoms with Crippen molar-refractivity contribution in [2.75, 3.05) is 0 Å². The summed E-state index contributed by atoms with van der Waals surface area (Å²) in [6.45, 7) is 5.94. The highest BCUT2D eigenvalue weighted by Gasteiger charge is 2.35. The van der Waals surface area contributed by atoms with E-state index >= 15 is 0 Å². The first kappa shape index (κ1) is 16.8. The van der Waals surface area contributed by atoms with Crippen molar-refractivity contribution in [1.29, 1.82) is 0 Å². The first-order valence-electron chi connectivity index (χ1n) is 7.66. The molecule has 0 spiro atoms. The molecule has 1 saturated carbocycles. The Kier molecular flexibility index (Phi) is 5.42. The molecule has 0 saturated heterocycles. The number of ether oxygens (including phenoxy) is 2. The Balaban J connectivity index is 1.78. The zero-order chi connectivity index (χ0) is 16.2. The minimum Gasteiger partial charge on any atom is -0.444 e. The van der Waals surface area contributed by atoms with Crippen LogP contribution in [0.2, 0.25) is 0 Å². The summed E-state index contributed by atoms with van der Waals surface area (Å²) in [5.74, 6) is 0. The summed E-state index contributed by atoms with van der Waals surface area (Å²) < 4.78 is 11.0. The van der Waals surface area contributed by atoms with E-state index in [1.807, 2.05) is 51.1 Å². The molecule has 1 aliphatic rings. The van der Waals surface area contributed by atoms with Crippen LogP contribution in [0.25, 0.3) is 0 Å². The molecular formula is C17H25NO4. The lowest BCUT2D eigenvalue weighted by Gasteiger charge is -2.22. The second-order valence-corrected chi connectivity index (χ2v) is 6.71. The summed E-state index contributed by atoms with van der Waals surface area (Å²) in [5.41, 5.74) is 0.553. The van der Waals surface area contributed by atoms with E-state index in [2.05, 4.69) is 5.32 Å². The van der Waals surface area contributed by atoms with Gasteiger partial charge in [0.2, 0.25) is 0 Å². The molecule has 5 heteroatoms. The summed E-state index contributed by atoms with van der Waals surface area (Å²) in [6, 6.07) is 9.58. The lowest BCUT2D eigenvalue weighted by Crippen LogP contribution is -2.42. The highest BCUT2D eigenvalue weighted by Crippen LogP contribution is 2.24. The Bertz CT molecular complexity index is 483. The quantitative estimate of drug-likeness (QED) is 0.897. The highest BCUT2D eigenvalue weighted by molar-refractivity contribution is 5.68. The SMILES string of the molecule is CC(C)(C)OC(=O)NC1CC(OCc2ccccc2)CC1O. The van der Waals surface area contributed by atoms with Crippen LogP contribution in [0, 0.1) is 0 Å². The van der Waals surface area contributed by atoms with E-state index in [1.165, 1.54) is 0 Å². The number of rotatable bonds is 4. The van der Waals surface area contributed by atoms with Crippen LogP contribution in [-0.2, 0) is 16.1 Å². The predicted molar refractivity (Wildman–Crippen MR) is 83.4 cm³/mol. The molecule has 3 atom stereocenters. The number of carbonyl (C=O) groups excluding carboxylic acids is 1. The molecule has 3 unspecified atom stereocenters. The number of nitrogens with one attached hydrogen (secondary N) is 1. The van der Waals surface area contributed by atoms with Gasteiger partial charge in [-0.2, -0.15) is 0 Å². The third kappa shape index (κ3) is 5.31. The van der Waals surface area contributed by atoms with Crippen LogP contribution in [-0.4, -0.2) is 35.1 Å². The molecule has 1 fully saturated rings. The topological polar surface area (TPSA) is 67.8 Å². The molecule has 2 rings (SSSR count). The minimum absolute atomic E-state index is 0.0601. The molecule has 1 aliphatic carbocycles. The van der Waals surface area contributed by atoms with Crippen molar-refractivity contribution in [2.45, 2.75) is 64.1 Å². The monoisotopic (exact) mass is 307 g/mol. The first-order chi connectivity index (χ1) is 10.3. The van der Waals surface area contributed by atoms with Crippen molar-refractivity contribution >= 4 is 6.09 Å². The third-order valence-electron chi connectivity index (χ3n) is 3.52. The van der Waals surface area contributed by atoms with Gasteiger partial charge < -0.3 is 19.9 Å². The van der Waals surface area contributed by atoms with Crippen LogP contribution in [0.5, 0.6) is 0 Å². The average molecular weight is 307 g/mol. The number of aliphatic hydroxyl groups excluding tert-OH is 1. The van der Waals surface area contributed by atoms with Gasteiger partial charge in [0, 0.05) is 6.42 Å². The molecule has 0 radical (unpaired) electrons. The number of hydrogen-bond donors (Lipinski definition) is 2. The molecule has 122 valence electrons. The number of amides is 1. The van der Waals surface area contributed by atoms with Crippen molar-refractivity contribution in [3.63, 3.8) is 0 Å². The van der Waals surface area contributed by atoms with Crippen molar-refractivity contribution in [2.24, 2.45) is 0 Å². The van der Waals surface area contributed by atoms with E-state index < -0.39 is 17.8 Å². The maximum atomic E-state index is 11.8. The Labute approximate surface area is 131 Å². The first-order valence-corrected chi connectivity index (χ1v) is 7.66. The molecule has 2 N–H and O–H groups in total. The maximum Gasteiger partial charge on any atom is 0.407 e. The van der Waals surface area contributed by atoms with Gasteiger partial charge in [-0.3, -0.25) is 0 Å². The summed E-state index contributed by atoms with van der Waals surface area (Å²) in [5, 5.41) is 12.8. The van der Waals surface area contributed by atoms with E-state index in [9.17, 15) is 9.90 Å². The number of hydrogen-bond acceptors (Lipinski definition) is 4.